The summed E-state index contributed by atoms with van der Waals surface area (Å²) < 4.78 is 0. The fourth-order valence-corrected chi connectivity index (χ4v) is 1.65. The summed E-state index contributed by atoms with van der Waals surface area (Å²) in [6.07, 6.45) is 0. The molecule has 0 aliphatic rings. The third-order valence-corrected chi connectivity index (χ3v) is 2.77. The summed E-state index contributed by atoms with van der Waals surface area (Å²) >= 11 is 1.93. The Balaban J connectivity index is 2.39. The Morgan fingerprint density at radius 1 is 1.18 bits per heavy atom. The predicted octanol–water partition coefficient (Wildman–Crippen LogP) is 3.07. The van der Waals surface area contributed by atoms with Crippen LogP contribution in [0.4, 0.5) is 0 Å². The summed E-state index contributed by atoms with van der Waals surface area (Å²) in [4.78, 5) is 1.38. The standard InChI is InChI=1S/C9H13BS/c1-10(2)8-11-9-6-4-3-5-7-9/h3-7H,8H2,1-2H3. The molecule has 11 heavy (non-hydrogen) atoms. The summed E-state index contributed by atoms with van der Waals surface area (Å²) in [5.74, 6) is 0. The Bertz CT molecular complexity index is 196. The molecule has 0 aliphatic heterocycles. The van der Waals surface area contributed by atoms with E-state index >= 15 is 0 Å². The van der Waals surface area contributed by atoms with Gasteiger partial charge in [-0.05, 0) is 17.8 Å². The van der Waals surface area contributed by atoms with Crippen LogP contribution < -0.4 is 0 Å². The first-order valence-corrected chi connectivity index (χ1v) is 4.95. The van der Waals surface area contributed by atoms with Crippen LogP contribution in [0, 0.1) is 0 Å². The van der Waals surface area contributed by atoms with Crippen molar-refractivity contribution in [3.8, 4) is 0 Å². The molecule has 0 nitrogen and oxygen atoms in total. The van der Waals surface area contributed by atoms with Crippen LogP contribution >= 0.6 is 11.8 Å². The molecule has 0 bridgehead atoms. The molecule has 0 atom stereocenters. The number of hydrogen-bond donors (Lipinski definition) is 0. The molecule has 0 N–H and O–H groups in total. The molecule has 58 valence electrons. The summed E-state index contributed by atoms with van der Waals surface area (Å²) in [6, 6.07) is 10.5. The fourth-order valence-electron chi connectivity index (χ4n) is 0.780. The van der Waals surface area contributed by atoms with Gasteiger partial charge in [0.25, 0.3) is 0 Å². The quantitative estimate of drug-likeness (QED) is 0.488. The van der Waals surface area contributed by atoms with Gasteiger partial charge in [0.2, 0.25) is 0 Å². The Labute approximate surface area is 73.5 Å². The topological polar surface area (TPSA) is 0 Å². The van der Waals surface area contributed by atoms with Crippen molar-refractivity contribution in [2.45, 2.75) is 18.5 Å². The van der Waals surface area contributed by atoms with E-state index in [1.807, 2.05) is 11.8 Å². The smallest absolute Gasteiger partial charge is 0.134 e. The summed E-state index contributed by atoms with van der Waals surface area (Å²) in [5.41, 5.74) is 1.21. The van der Waals surface area contributed by atoms with E-state index in [1.54, 1.807) is 0 Å². The highest BCUT2D eigenvalue weighted by Gasteiger charge is 1.98. The first-order chi connectivity index (χ1) is 5.29. The summed E-state index contributed by atoms with van der Waals surface area (Å²) in [6.45, 7) is 5.27. The van der Waals surface area contributed by atoms with Crippen LogP contribution in [0.1, 0.15) is 0 Å². The van der Waals surface area contributed by atoms with Crippen LogP contribution in [0.5, 0.6) is 0 Å². The van der Waals surface area contributed by atoms with Crippen molar-refractivity contribution in [2.24, 2.45) is 0 Å². The van der Waals surface area contributed by atoms with Crippen molar-refractivity contribution in [1.29, 1.82) is 0 Å². The minimum atomic E-state index is 0.778. The minimum Gasteiger partial charge on any atom is -0.134 e. The molecule has 1 rings (SSSR count). The highest BCUT2D eigenvalue weighted by molar-refractivity contribution is 8.00. The zero-order valence-electron chi connectivity index (χ0n) is 7.08. The van der Waals surface area contributed by atoms with Crippen LogP contribution in [0.2, 0.25) is 13.6 Å². The molecule has 0 aromatic heterocycles. The van der Waals surface area contributed by atoms with Gasteiger partial charge in [0, 0.05) is 4.90 Å². The van der Waals surface area contributed by atoms with E-state index in [2.05, 4.69) is 44.0 Å². The van der Waals surface area contributed by atoms with Crippen LogP contribution in [-0.2, 0) is 0 Å². The van der Waals surface area contributed by atoms with E-state index < -0.39 is 0 Å². The maximum atomic E-state index is 2.25. The van der Waals surface area contributed by atoms with E-state index in [0.717, 1.165) is 6.71 Å². The zero-order valence-corrected chi connectivity index (χ0v) is 7.90. The Hall–Kier alpha value is -0.365. The number of rotatable bonds is 3. The highest BCUT2D eigenvalue weighted by atomic mass is 32.2. The van der Waals surface area contributed by atoms with Crippen LogP contribution in [0.15, 0.2) is 35.2 Å². The maximum Gasteiger partial charge on any atom is 0.145 e. The van der Waals surface area contributed by atoms with Gasteiger partial charge >= 0.3 is 0 Å². The zero-order chi connectivity index (χ0) is 8.10. The van der Waals surface area contributed by atoms with E-state index in [1.165, 1.54) is 10.5 Å². The average molecular weight is 164 g/mol. The maximum absolute atomic E-state index is 2.25. The van der Waals surface area contributed by atoms with Crippen molar-refractivity contribution >= 4 is 18.5 Å². The monoisotopic (exact) mass is 164 g/mol. The lowest BCUT2D eigenvalue weighted by Crippen LogP contribution is -2.03. The van der Waals surface area contributed by atoms with Gasteiger partial charge in [-0.25, -0.2) is 0 Å². The van der Waals surface area contributed by atoms with Crippen molar-refractivity contribution in [3.63, 3.8) is 0 Å². The molecule has 0 amide bonds. The van der Waals surface area contributed by atoms with Crippen LogP contribution in [0.25, 0.3) is 0 Å². The molecular weight excluding hydrogens is 151 g/mol. The predicted molar refractivity (Wildman–Crippen MR) is 54.6 cm³/mol. The first kappa shape index (κ1) is 8.73. The van der Waals surface area contributed by atoms with Gasteiger partial charge in [0.05, 0.1) is 0 Å². The highest BCUT2D eigenvalue weighted by Crippen LogP contribution is 2.16. The lowest BCUT2D eigenvalue weighted by molar-refractivity contribution is 1.47. The molecule has 1 aromatic carbocycles. The third kappa shape index (κ3) is 3.52. The van der Waals surface area contributed by atoms with E-state index in [4.69, 9.17) is 0 Å². The molecular formula is C9H13BS. The summed E-state index contributed by atoms with van der Waals surface area (Å²) in [5, 5.41) is 0. The van der Waals surface area contributed by atoms with Crippen LogP contribution in [-0.4, -0.2) is 12.4 Å². The third-order valence-electron chi connectivity index (χ3n) is 1.33. The van der Waals surface area contributed by atoms with Crippen molar-refractivity contribution in [3.05, 3.63) is 30.3 Å². The molecule has 0 aliphatic carbocycles. The second kappa shape index (κ2) is 4.50. The van der Waals surface area contributed by atoms with Gasteiger partial charge in [-0.2, -0.15) is 0 Å². The van der Waals surface area contributed by atoms with Crippen LogP contribution in [0.3, 0.4) is 0 Å². The average Bonchev–Trinajstić information content (AvgIpc) is 2.03. The van der Waals surface area contributed by atoms with Gasteiger partial charge < -0.3 is 0 Å². The molecule has 0 spiro atoms. The largest absolute Gasteiger partial charge is 0.145 e. The fraction of sp³-hybridized carbons (Fsp3) is 0.333. The number of hydrogen-bond acceptors (Lipinski definition) is 1. The van der Waals surface area contributed by atoms with Crippen molar-refractivity contribution in [1.82, 2.24) is 0 Å². The molecule has 0 unspecified atom stereocenters. The molecule has 2 heteroatoms. The van der Waals surface area contributed by atoms with Gasteiger partial charge in [0.15, 0.2) is 0 Å². The molecule has 0 saturated carbocycles. The Morgan fingerprint density at radius 2 is 1.82 bits per heavy atom. The normalized spacial score (nSPS) is 9.64. The lowest BCUT2D eigenvalue weighted by Gasteiger charge is -2.00. The molecule has 0 saturated heterocycles. The number of thioether (sulfide) groups is 1. The molecule has 0 radical (unpaired) electrons. The molecule has 1 aromatic rings. The Kier molecular flexibility index (Phi) is 3.57. The van der Waals surface area contributed by atoms with Gasteiger partial charge in [-0.3, -0.25) is 0 Å². The molecule has 0 heterocycles. The second-order valence-electron chi connectivity index (χ2n) is 3.02. The van der Waals surface area contributed by atoms with E-state index in [-0.39, 0.29) is 0 Å². The van der Waals surface area contributed by atoms with Gasteiger partial charge in [-0.15, -0.1) is 11.8 Å². The van der Waals surface area contributed by atoms with Gasteiger partial charge in [-0.1, -0.05) is 31.8 Å². The van der Waals surface area contributed by atoms with Crippen molar-refractivity contribution < 1.29 is 0 Å². The molecule has 0 fully saturated rings. The second-order valence-corrected chi connectivity index (χ2v) is 4.11. The van der Waals surface area contributed by atoms with E-state index in [0.29, 0.717) is 0 Å². The Morgan fingerprint density at radius 3 is 2.36 bits per heavy atom. The van der Waals surface area contributed by atoms with E-state index in [9.17, 15) is 0 Å². The number of benzene rings is 1. The summed E-state index contributed by atoms with van der Waals surface area (Å²) in [7, 11) is 0. The van der Waals surface area contributed by atoms with Crippen molar-refractivity contribution in [2.75, 3.05) is 5.65 Å². The van der Waals surface area contributed by atoms with Gasteiger partial charge in [0.1, 0.15) is 6.71 Å². The lowest BCUT2D eigenvalue weighted by atomic mass is 9.57. The minimum absolute atomic E-state index is 0.778. The SMILES string of the molecule is CB(C)CSc1ccccc1. The first-order valence-electron chi connectivity index (χ1n) is 3.97.